The summed E-state index contributed by atoms with van der Waals surface area (Å²) in [4.78, 5) is 21.6. The van der Waals surface area contributed by atoms with E-state index in [9.17, 15) is 14.9 Å². The van der Waals surface area contributed by atoms with Crippen LogP contribution in [0.25, 0.3) is 0 Å². The zero-order valence-corrected chi connectivity index (χ0v) is 11.6. The number of nitrogens with zero attached hydrogens (tertiary/aromatic N) is 1. The molecule has 0 aliphatic heterocycles. The lowest BCUT2D eigenvalue weighted by Gasteiger charge is -2.10. The second-order valence-electron chi connectivity index (χ2n) is 4.82. The fourth-order valence-electron chi connectivity index (χ4n) is 2.12. The molecule has 2 rings (SSSR count). The quantitative estimate of drug-likeness (QED) is 0.883. The molecule has 1 atom stereocenters. The molecule has 0 aliphatic carbocycles. The van der Waals surface area contributed by atoms with Crippen LogP contribution in [0.3, 0.4) is 0 Å². The van der Waals surface area contributed by atoms with Crippen LogP contribution in [-0.4, -0.2) is 22.2 Å². The first kappa shape index (κ1) is 15.3. The predicted molar refractivity (Wildman–Crippen MR) is 78.9 cm³/mol. The van der Waals surface area contributed by atoms with Crippen molar-refractivity contribution in [3.63, 3.8) is 0 Å². The molecular weight excluding hydrogens is 282 g/mol. The zero-order valence-electron chi connectivity index (χ0n) is 11.6. The molecule has 0 amide bonds. The Labute approximate surface area is 127 Å². The van der Waals surface area contributed by atoms with E-state index in [1.807, 2.05) is 0 Å². The predicted octanol–water partition coefficient (Wildman–Crippen LogP) is 2.93. The Kier molecular flexibility index (Phi) is 4.54. The lowest BCUT2D eigenvalue weighted by Crippen LogP contribution is -2.03. The normalized spacial score (nSPS) is 11.4. The highest BCUT2D eigenvalue weighted by molar-refractivity contribution is 5.88. The maximum atomic E-state index is 10.8. The van der Waals surface area contributed by atoms with E-state index in [1.165, 1.54) is 24.3 Å². The number of carboxylic acid groups (broad SMARTS) is 2. The average Bonchev–Trinajstić information content (AvgIpc) is 2.53. The smallest absolute Gasteiger partial charge is 0.335 e. The second kappa shape index (κ2) is 6.55. The molecule has 0 aromatic heterocycles. The van der Waals surface area contributed by atoms with Crippen LogP contribution in [0.1, 0.15) is 37.8 Å². The van der Waals surface area contributed by atoms with E-state index in [0.29, 0.717) is 6.42 Å². The SMILES string of the molecule is N#CC(Cc1ccc(C(=O)O)cc1)c1ccc(C(=O)O)cc1. The van der Waals surface area contributed by atoms with Crippen LogP contribution in [0, 0.1) is 11.3 Å². The highest BCUT2D eigenvalue weighted by Gasteiger charge is 2.13. The van der Waals surface area contributed by atoms with E-state index in [4.69, 9.17) is 10.2 Å². The molecule has 5 heteroatoms. The second-order valence-corrected chi connectivity index (χ2v) is 4.82. The minimum absolute atomic E-state index is 0.172. The Morgan fingerprint density at radius 1 is 0.909 bits per heavy atom. The Hall–Kier alpha value is -3.13. The van der Waals surface area contributed by atoms with Gasteiger partial charge in [-0.1, -0.05) is 24.3 Å². The van der Waals surface area contributed by atoms with Crippen molar-refractivity contribution in [2.45, 2.75) is 12.3 Å². The number of hydrogen-bond donors (Lipinski definition) is 2. The first-order valence-electron chi connectivity index (χ1n) is 6.56. The van der Waals surface area contributed by atoms with Gasteiger partial charge in [-0.05, 0) is 41.8 Å². The van der Waals surface area contributed by atoms with Crippen molar-refractivity contribution in [3.8, 4) is 6.07 Å². The maximum absolute atomic E-state index is 10.8. The molecule has 0 saturated carbocycles. The van der Waals surface area contributed by atoms with Gasteiger partial charge in [-0.15, -0.1) is 0 Å². The molecule has 2 N–H and O–H groups in total. The van der Waals surface area contributed by atoms with Crippen molar-refractivity contribution in [2.75, 3.05) is 0 Å². The third kappa shape index (κ3) is 3.49. The van der Waals surface area contributed by atoms with Crippen LogP contribution in [0.4, 0.5) is 0 Å². The number of nitriles is 1. The van der Waals surface area contributed by atoms with Gasteiger partial charge < -0.3 is 10.2 Å². The first-order valence-corrected chi connectivity index (χ1v) is 6.56. The number of hydrogen-bond acceptors (Lipinski definition) is 3. The lowest BCUT2D eigenvalue weighted by molar-refractivity contribution is 0.0686. The fourth-order valence-corrected chi connectivity index (χ4v) is 2.12. The van der Waals surface area contributed by atoms with Crippen LogP contribution in [0.15, 0.2) is 48.5 Å². The summed E-state index contributed by atoms with van der Waals surface area (Å²) in [6.07, 6.45) is 0.433. The van der Waals surface area contributed by atoms with Crippen LogP contribution in [0.2, 0.25) is 0 Å². The molecule has 110 valence electrons. The van der Waals surface area contributed by atoms with E-state index >= 15 is 0 Å². The summed E-state index contributed by atoms with van der Waals surface area (Å²) < 4.78 is 0. The van der Waals surface area contributed by atoms with Gasteiger partial charge in [-0.3, -0.25) is 0 Å². The summed E-state index contributed by atoms with van der Waals surface area (Å²) in [5, 5.41) is 27.0. The highest BCUT2D eigenvalue weighted by atomic mass is 16.4. The lowest BCUT2D eigenvalue weighted by atomic mass is 9.92. The standard InChI is InChI=1S/C17H13NO4/c18-10-15(12-5-7-14(8-6-12)17(21)22)9-11-1-3-13(4-2-11)16(19)20/h1-8,15H,9H2,(H,19,20)(H,21,22). The molecule has 2 aromatic carbocycles. The molecule has 22 heavy (non-hydrogen) atoms. The molecule has 0 radical (unpaired) electrons. The number of aromatic carboxylic acids is 2. The van der Waals surface area contributed by atoms with Gasteiger partial charge in [0.25, 0.3) is 0 Å². The maximum Gasteiger partial charge on any atom is 0.335 e. The number of carboxylic acids is 2. The third-order valence-corrected chi connectivity index (χ3v) is 3.36. The minimum atomic E-state index is -1.01. The summed E-state index contributed by atoms with van der Waals surface area (Å²) in [6, 6.07) is 14.7. The van der Waals surface area contributed by atoms with Crippen LogP contribution < -0.4 is 0 Å². The Morgan fingerprint density at radius 3 is 1.77 bits per heavy atom. The van der Waals surface area contributed by atoms with Gasteiger partial charge in [0.2, 0.25) is 0 Å². The topological polar surface area (TPSA) is 98.4 Å². The Morgan fingerprint density at radius 2 is 1.36 bits per heavy atom. The Bertz CT molecular complexity index is 727. The van der Waals surface area contributed by atoms with E-state index in [-0.39, 0.29) is 11.1 Å². The average molecular weight is 295 g/mol. The monoisotopic (exact) mass is 295 g/mol. The number of carbonyl (C=O) groups is 2. The van der Waals surface area contributed by atoms with Crippen molar-refractivity contribution >= 4 is 11.9 Å². The van der Waals surface area contributed by atoms with Gasteiger partial charge in [0.1, 0.15) is 0 Å². The van der Waals surface area contributed by atoms with E-state index in [2.05, 4.69) is 6.07 Å². The van der Waals surface area contributed by atoms with E-state index < -0.39 is 17.9 Å². The summed E-state index contributed by atoms with van der Waals surface area (Å²) >= 11 is 0. The van der Waals surface area contributed by atoms with Crippen molar-refractivity contribution in [1.82, 2.24) is 0 Å². The van der Waals surface area contributed by atoms with Crippen LogP contribution >= 0.6 is 0 Å². The van der Waals surface area contributed by atoms with Gasteiger partial charge in [0.15, 0.2) is 0 Å². The van der Waals surface area contributed by atoms with Gasteiger partial charge in [0, 0.05) is 0 Å². The molecule has 0 bridgehead atoms. The van der Waals surface area contributed by atoms with Crippen molar-refractivity contribution < 1.29 is 19.8 Å². The third-order valence-electron chi connectivity index (χ3n) is 3.36. The van der Waals surface area contributed by atoms with Gasteiger partial charge in [0.05, 0.1) is 23.1 Å². The summed E-state index contributed by atoms with van der Waals surface area (Å²) in [6.45, 7) is 0. The molecule has 0 fully saturated rings. The number of benzene rings is 2. The fraction of sp³-hybridized carbons (Fsp3) is 0.118. The number of rotatable bonds is 5. The molecule has 0 saturated heterocycles. The molecular formula is C17H13NO4. The van der Waals surface area contributed by atoms with Crippen molar-refractivity contribution in [1.29, 1.82) is 5.26 Å². The molecule has 0 aliphatic rings. The summed E-state index contributed by atoms with van der Waals surface area (Å²) in [5.41, 5.74) is 1.95. The van der Waals surface area contributed by atoms with Crippen molar-refractivity contribution in [3.05, 3.63) is 70.8 Å². The molecule has 0 spiro atoms. The zero-order chi connectivity index (χ0) is 16.1. The highest BCUT2D eigenvalue weighted by Crippen LogP contribution is 2.21. The summed E-state index contributed by atoms with van der Waals surface area (Å²) in [7, 11) is 0. The largest absolute Gasteiger partial charge is 0.478 e. The van der Waals surface area contributed by atoms with E-state index in [1.54, 1.807) is 24.3 Å². The van der Waals surface area contributed by atoms with Gasteiger partial charge in [-0.2, -0.15) is 5.26 Å². The van der Waals surface area contributed by atoms with Crippen molar-refractivity contribution in [2.24, 2.45) is 0 Å². The minimum Gasteiger partial charge on any atom is -0.478 e. The van der Waals surface area contributed by atoms with E-state index in [0.717, 1.165) is 11.1 Å². The van der Waals surface area contributed by atoms with Gasteiger partial charge in [-0.25, -0.2) is 9.59 Å². The first-order chi connectivity index (χ1) is 10.5. The summed E-state index contributed by atoms with van der Waals surface area (Å²) in [5.74, 6) is -2.42. The van der Waals surface area contributed by atoms with Gasteiger partial charge >= 0.3 is 11.9 Å². The molecule has 5 nitrogen and oxygen atoms in total. The molecule has 1 unspecified atom stereocenters. The van der Waals surface area contributed by atoms with Crippen LogP contribution in [0.5, 0.6) is 0 Å². The van der Waals surface area contributed by atoms with Crippen LogP contribution in [-0.2, 0) is 6.42 Å². The Balaban J connectivity index is 2.16. The molecule has 0 heterocycles. The molecule has 2 aromatic rings.